The second kappa shape index (κ2) is 6.88. The fraction of sp³-hybridized carbons (Fsp3) is 0.923. The predicted molar refractivity (Wildman–Crippen MR) is 67.2 cm³/mol. The molecular weight excluding hydrogens is 198 g/mol. The standard InChI is InChI=1S/C13H25N3/c1-4-13-7-6-11(3)16(13)9-8-12(10-14)15-5-2/h11-13,15H,4-9H2,1-3H3. The van der Waals surface area contributed by atoms with Gasteiger partial charge in [-0.2, -0.15) is 5.26 Å². The van der Waals surface area contributed by atoms with Crippen LogP contribution in [0.2, 0.25) is 0 Å². The average molecular weight is 223 g/mol. The Kier molecular flexibility index (Phi) is 5.79. The summed E-state index contributed by atoms with van der Waals surface area (Å²) in [4.78, 5) is 2.58. The van der Waals surface area contributed by atoms with E-state index in [1.807, 2.05) is 0 Å². The fourth-order valence-electron chi connectivity index (χ4n) is 2.70. The molecule has 1 heterocycles. The predicted octanol–water partition coefficient (Wildman–Crippen LogP) is 2.14. The molecule has 0 aromatic carbocycles. The molecule has 0 aromatic rings. The Hall–Kier alpha value is -0.590. The maximum absolute atomic E-state index is 8.99. The fourth-order valence-corrected chi connectivity index (χ4v) is 2.70. The maximum Gasteiger partial charge on any atom is 0.0965 e. The zero-order valence-corrected chi connectivity index (χ0v) is 10.9. The minimum Gasteiger partial charge on any atom is -0.302 e. The van der Waals surface area contributed by atoms with Crippen LogP contribution in [0.25, 0.3) is 0 Å². The quantitative estimate of drug-likeness (QED) is 0.750. The van der Waals surface area contributed by atoms with Gasteiger partial charge in [-0.1, -0.05) is 13.8 Å². The van der Waals surface area contributed by atoms with Crippen LogP contribution < -0.4 is 5.32 Å². The summed E-state index contributed by atoms with van der Waals surface area (Å²) in [5.74, 6) is 0. The lowest BCUT2D eigenvalue weighted by Gasteiger charge is -2.28. The number of nitriles is 1. The van der Waals surface area contributed by atoms with E-state index in [0.29, 0.717) is 6.04 Å². The minimum atomic E-state index is 0.0234. The van der Waals surface area contributed by atoms with Crippen molar-refractivity contribution in [1.82, 2.24) is 10.2 Å². The van der Waals surface area contributed by atoms with Crippen LogP contribution in [0.3, 0.4) is 0 Å². The molecule has 16 heavy (non-hydrogen) atoms. The summed E-state index contributed by atoms with van der Waals surface area (Å²) in [5, 5.41) is 12.2. The summed E-state index contributed by atoms with van der Waals surface area (Å²) in [5.41, 5.74) is 0. The molecule has 1 aliphatic heterocycles. The highest BCUT2D eigenvalue weighted by Gasteiger charge is 2.29. The van der Waals surface area contributed by atoms with E-state index in [4.69, 9.17) is 5.26 Å². The molecule has 92 valence electrons. The number of hydrogen-bond acceptors (Lipinski definition) is 3. The lowest BCUT2D eigenvalue weighted by Crippen LogP contribution is -2.38. The van der Waals surface area contributed by atoms with Gasteiger partial charge in [0.25, 0.3) is 0 Å². The van der Waals surface area contributed by atoms with Crippen molar-refractivity contribution >= 4 is 0 Å². The highest BCUT2D eigenvalue weighted by atomic mass is 15.2. The maximum atomic E-state index is 8.99. The van der Waals surface area contributed by atoms with Crippen LogP contribution in [-0.4, -0.2) is 36.1 Å². The van der Waals surface area contributed by atoms with Crippen molar-refractivity contribution < 1.29 is 0 Å². The van der Waals surface area contributed by atoms with Gasteiger partial charge in [0.1, 0.15) is 0 Å². The van der Waals surface area contributed by atoms with Crippen molar-refractivity contribution in [3.63, 3.8) is 0 Å². The molecule has 1 fully saturated rings. The van der Waals surface area contributed by atoms with Gasteiger partial charge in [-0.25, -0.2) is 0 Å². The SMILES string of the molecule is CCNC(C#N)CCN1C(C)CCC1CC. The Labute approximate surface area is 99.8 Å². The largest absolute Gasteiger partial charge is 0.302 e. The lowest BCUT2D eigenvalue weighted by molar-refractivity contribution is 0.192. The van der Waals surface area contributed by atoms with Gasteiger partial charge in [0.05, 0.1) is 12.1 Å². The van der Waals surface area contributed by atoms with Gasteiger partial charge in [0.2, 0.25) is 0 Å². The van der Waals surface area contributed by atoms with Crippen molar-refractivity contribution in [3.8, 4) is 6.07 Å². The molecule has 0 spiro atoms. The Balaban J connectivity index is 2.38. The number of nitrogens with one attached hydrogen (secondary N) is 1. The highest BCUT2D eigenvalue weighted by Crippen LogP contribution is 2.25. The number of likely N-dealkylation sites (tertiary alicyclic amines) is 1. The number of nitrogens with zero attached hydrogens (tertiary/aromatic N) is 2. The third-order valence-corrected chi connectivity index (χ3v) is 3.71. The van der Waals surface area contributed by atoms with Crippen molar-refractivity contribution in [3.05, 3.63) is 0 Å². The van der Waals surface area contributed by atoms with Crippen LogP contribution in [0.1, 0.15) is 46.5 Å². The van der Waals surface area contributed by atoms with E-state index < -0.39 is 0 Å². The molecule has 0 amide bonds. The Morgan fingerprint density at radius 2 is 2.19 bits per heavy atom. The number of rotatable bonds is 6. The van der Waals surface area contributed by atoms with Crippen LogP contribution in [0.4, 0.5) is 0 Å². The zero-order valence-electron chi connectivity index (χ0n) is 10.9. The molecule has 0 aliphatic carbocycles. The third-order valence-electron chi connectivity index (χ3n) is 3.71. The first-order valence-corrected chi connectivity index (χ1v) is 6.61. The van der Waals surface area contributed by atoms with Crippen LogP contribution in [0.15, 0.2) is 0 Å². The van der Waals surface area contributed by atoms with E-state index in [1.54, 1.807) is 0 Å². The second-order valence-electron chi connectivity index (χ2n) is 4.75. The molecule has 1 saturated heterocycles. The van der Waals surface area contributed by atoms with E-state index in [0.717, 1.165) is 25.6 Å². The van der Waals surface area contributed by atoms with Gasteiger partial charge in [-0.05, 0) is 39.2 Å². The molecule has 3 nitrogen and oxygen atoms in total. The molecule has 3 unspecified atom stereocenters. The van der Waals surface area contributed by atoms with Gasteiger partial charge >= 0.3 is 0 Å². The minimum absolute atomic E-state index is 0.0234. The van der Waals surface area contributed by atoms with Crippen molar-refractivity contribution in [2.75, 3.05) is 13.1 Å². The average Bonchev–Trinajstić information content (AvgIpc) is 2.65. The first-order chi connectivity index (χ1) is 7.72. The third kappa shape index (κ3) is 3.47. The first-order valence-electron chi connectivity index (χ1n) is 6.61. The van der Waals surface area contributed by atoms with Gasteiger partial charge in [-0.3, -0.25) is 4.90 Å². The molecule has 0 saturated carbocycles. The smallest absolute Gasteiger partial charge is 0.0965 e. The van der Waals surface area contributed by atoms with E-state index >= 15 is 0 Å². The molecular formula is C13H25N3. The highest BCUT2D eigenvalue weighted by molar-refractivity contribution is 4.92. The molecule has 0 radical (unpaired) electrons. The van der Waals surface area contributed by atoms with E-state index in [1.165, 1.54) is 19.3 Å². The Morgan fingerprint density at radius 1 is 1.44 bits per heavy atom. The topological polar surface area (TPSA) is 39.1 Å². The van der Waals surface area contributed by atoms with Crippen LogP contribution in [0, 0.1) is 11.3 Å². The number of hydrogen-bond donors (Lipinski definition) is 1. The summed E-state index contributed by atoms with van der Waals surface area (Å²) >= 11 is 0. The van der Waals surface area contributed by atoms with E-state index in [9.17, 15) is 0 Å². The second-order valence-corrected chi connectivity index (χ2v) is 4.75. The lowest BCUT2D eigenvalue weighted by atomic mass is 10.1. The summed E-state index contributed by atoms with van der Waals surface area (Å²) in [7, 11) is 0. The van der Waals surface area contributed by atoms with Crippen LogP contribution in [-0.2, 0) is 0 Å². The molecule has 0 aromatic heterocycles. The molecule has 1 N–H and O–H groups in total. The normalized spacial score (nSPS) is 27.9. The Morgan fingerprint density at radius 3 is 2.75 bits per heavy atom. The van der Waals surface area contributed by atoms with E-state index in [-0.39, 0.29) is 6.04 Å². The molecule has 1 rings (SSSR count). The monoisotopic (exact) mass is 223 g/mol. The van der Waals surface area contributed by atoms with Crippen molar-refractivity contribution in [1.29, 1.82) is 5.26 Å². The zero-order chi connectivity index (χ0) is 12.0. The molecule has 0 bridgehead atoms. The summed E-state index contributed by atoms with van der Waals surface area (Å²) in [6.45, 7) is 8.57. The molecule has 1 aliphatic rings. The summed E-state index contributed by atoms with van der Waals surface area (Å²) in [6.07, 6.45) is 4.83. The van der Waals surface area contributed by atoms with Crippen LogP contribution in [0.5, 0.6) is 0 Å². The van der Waals surface area contributed by atoms with Gasteiger partial charge < -0.3 is 5.32 Å². The molecule has 3 atom stereocenters. The first kappa shape index (κ1) is 13.5. The van der Waals surface area contributed by atoms with Crippen LogP contribution >= 0.6 is 0 Å². The van der Waals surface area contributed by atoms with E-state index in [2.05, 4.69) is 37.1 Å². The van der Waals surface area contributed by atoms with Gasteiger partial charge in [0, 0.05) is 18.6 Å². The van der Waals surface area contributed by atoms with Gasteiger partial charge in [-0.15, -0.1) is 0 Å². The van der Waals surface area contributed by atoms with Gasteiger partial charge in [0.15, 0.2) is 0 Å². The molecule has 3 heteroatoms. The Bertz CT molecular complexity index is 234. The summed E-state index contributed by atoms with van der Waals surface area (Å²) in [6, 6.07) is 3.81. The summed E-state index contributed by atoms with van der Waals surface area (Å²) < 4.78 is 0. The van der Waals surface area contributed by atoms with Crippen molar-refractivity contribution in [2.45, 2.75) is 64.6 Å². The van der Waals surface area contributed by atoms with Crippen molar-refractivity contribution in [2.24, 2.45) is 0 Å².